The highest BCUT2D eigenvalue weighted by Crippen LogP contribution is 2.30. The Labute approximate surface area is 148 Å². The Morgan fingerprint density at radius 3 is 2.92 bits per heavy atom. The zero-order valence-corrected chi connectivity index (χ0v) is 14.9. The summed E-state index contributed by atoms with van der Waals surface area (Å²) in [7, 11) is 0. The van der Waals surface area contributed by atoms with Crippen LogP contribution >= 0.6 is 12.4 Å². The number of fused-ring (bicyclic) bond motifs is 2. The van der Waals surface area contributed by atoms with Gasteiger partial charge in [-0.25, -0.2) is 0 Å². The highest BCUT2D eigenvalue weighted by atomic mass is 35.5. The van der Waals surface area contributed by atoms with Gasteiger partial charge < -0.3 is 15.1 Å². The van der Waals surface area contributed by atoms with Gasteiger partial charge in [0.25, 0.3) is 0 Å². The molecule has 0 spiro atoms. The summed E-state index contributed by atoms with van der Waals surface area (Å²) in [6.45, 7) is 4.15. The summed E-state index contributed by atoms with van der Waals surface area (Å²) in [5, 5.41) is 7.68. The van der Waals surface area contributed by atoms with Crippen LogP contribution in [0.1, 0.15) is 36.5 Å². The lowest BCUT2D eigenvalue weighted by molar-refractivity contribution is -0.121. The van der Waals surface area contributed by atoms with Crippen LogP contribution in [0.2, 0.25) is 0 Å². The van der Waals surface area contributed by atoms with Crippen LogP contribution in [0.4, 0.5) is 0 Å². The molecule has 2 aliphatic rings. The molecule has 1 aromatic carbocycles. The Morgan fingerprint density at radius 2 is 2.12 bits per heavy atom. The first-order chi connectivity index (χ1) is 11.2. The quantitative estimate of drug-likeness (QED) is 0.896. The van der Waals surface area contributed by atoms with Crippen LogP contribution in [0.5, 0.6) is 0 Å². The molecule has 130 valence electrons. The first-order valence-corrected chi connectivity index (χ1v) is 8.72. The number of carbonyl (C=O) groups excluding carboxylic acids is 1. The van der Waals surface area contributed by atoms with Gasteiger partial charge in [0.05, 0.1) is 12.7 Å². The molecule has 2 unspecified atom stereocenters. The molecule has 5 heteroatoms. The van der Waals surface area contributed by atoms with Gasteiger partial charge in [0, 0.05) is 17.0 Å². The van der Waals surface area contributed by atoms with E-state index in [-0.39, 0.29) is 24.4 Å². The smallest absolute Gasteiger partial charge is 0.224 e. The first kappa shape index (κ1) is 17.3. The van der Waals surface area contributed by atoms with Crippen molar-refractivity contribution < 1.29 is 9.21 Å². The van der Waals surface area contributed by atoms with Crippen molar-refractivity contribution in [2.75, 3.05) is 13.1 Å². The van der Waals surface area contributed by atoms with Crippen LogP contribution in [0.15, 0.2) is 22.8 Å². The lowest BCUT2D eigenvalue weighted by Crippen LogP contribution is -2.48. The summed E-state index contributed by atoms with van der Waals surface area (Å²) in [6.07, 6.45) is 6.69. The van der Waals surface area contributed by atoms with Gasteiger partial charge in [-0.05, 0) is 68.0 Å². The molecule has 24 heavy (non-hydrogen) atoms. The molecular weight excluding hydrogens is 324 g/mol. The van der Waals surface area contributed by atoms with Crippen molar-refractivity contribution in [3.05, 3.63) is 35.1 Å². The number of furan rings is 1. The van der Waals surface area contributed by atoms with Crippen molar-refractivity contribution >= 4 is 29.3 Å². The second kappa shape index (κ2) is 7.16. The third-order valence-corrected chi connectivity index (χ3v) is 5.35. The molecule has 2 atom stereocenters. The zero-order chi connectivity index (χ0) is 15.8. The van der Waals surface area contributed by atoms with Gasteiger partial charge in [0.1, 0.15) is 5.58 Å². The molecule has 0 bridgehead atoms. The predicted molar refractivity (Wildman–Crippen MR) is 97.8 cm³/mol. The Bertz CT molecular complexity index is 740. The van der Waals surface area contributed by atoms with Crippen molar-refractivity contribution in [1.29, 1.82) is 0 Å². The number of benzene rings is 1. The van der Waals surface area contributed by atoms with Gasteiger partial charge in [0.15, 0.2) is 0 Å². The largest absolute Gasteiger partial charge is 0.464 e. The van der Waals surface area contributed by atoms with Gasteiger partial charge in [0.2, 0.25) is 5.91 Å². The summed E-state index contributed by atoms with van der Waals surface area (Å²) < 4.78 is 5.70. The van der Waals surface area contributed by atoms with Crippen LogP contribution in [-0.4, -0.2) is 25.0 Å². The second-order valence-corrected chi connectivity index (χ2v) is 7.05. The van der Waals surface area contributed by atoms with Gasteiger partial charge in [-0.2, -0.15) is 0 Å². The van der Waals surface area contributed by atoms with Crippen molar-refractivity contribution in [1.82, 2.24) is 10.6 Å². The highest BCUT2D eigenvalue weighted by molar-refractivity contribution is 5.88. The number of aryl methyl sites for hydroxylation is 2. The lowest BCUT2D eigenvalue weighted by Gasteiger charge is -2.30. The molecule has 2 aromatic rings. The second-order valence-electron chi connectivity index (χ2n) is 7.05. The van der Waals surface area contributed by atoms with Crippen molar-refractivity contribution in [3.63, 3.8) is 0 Å². The van der Waals surface area contributed by atoms with Gasteiger partial charge >= 0.3 is 0 Å². The minimum absolute atomic E-state index is 0. The number of nitrogens with one attached hydrogen (secondary N) is 2. The molecule has 1 aliphatic carbocycles. The molecule has 2 N–H and O–H groups in total. The summed E-state index contributed by atoms with van der Waals surface area (Å²) in [5.74, 6) is 0.587. The third-order valence-electron chi connectivity index (χ3n) is 5.35. The fourth-order valence-electron chi connectivity index (χ4n) is 3.94. The molecule has 1 aliphatic heterocycles. The zero-order valence-electron chi connectivity index (χ0n) is 14.1. The number of rotatable bonds is 3. The van der Waals surface area contributed by atoms with Gasteiger partial charge in [-0.15, -0.1) is 12.4 Å². The normalized spacial score (nSPS) is 22.9. The Hall–Kier alpha value is -1.52. The fraction of sp³-hybridized carbons (Fsp3) is 0.526. The molecule has 1 aromatic heterocycles. The Kier molecular flexibility index (Phi) is 5.16. The van der Waals surface area contributed by atoms with E-state index >= 15 is 0 Å². The number of halogens is 1. The molecule has 0 radical (unpaired) electrons. The first-order valence-electron chi connectivity index (χ1n) is 8.72. The fourth-order valence-corrected chi connectivity index (χ4v) is 3.94. The Balaban J connectivity index is 0.00000169. The summed E-state index contributed by atoms with van der Waals surface area (Å²) in [6, 6.07) is 4.68. The topological polar surface area (TPSA) is 54.3 Å². The minimum atomic E-state index is 0. The molecular formula is C19H25ClN2O2. The molecule has 1 fully saturated rings. The average Bonchev–Trinajstić information content (AvgIpc) is 3.14. The standard InChI is InChI=1S/C19H24N2O2.ClH/c1-12-10-20-6-5-17(12)21-19(22)9-15-11-23-18-8-14-4-2-3-13(14)7-16(15)18;/h7-8,11-12,17,20H,2-6,9-10H2,1H3,(H,21,22);1H. The number of hydrogen-bond donors (Lipinski definition) is 2. The van der Waals surface area contributed by atoms with Gasteiger partial charge in [-0.1, -0.05) is 6.92 Å². The van der Waals surface area contributed by atoms with Crippen molar-refractivity contribution in [2.45, 2.75) is 45.1 Å². The summed E-state index contributed by atoms with van der Waals surface area (Å²) in [4.78, 5) is 12.4. The van der Waals surface area contributed by atoms with E-state index in [9.17, 15) is 4.79 Å². The van der Waals surface area contributed by atoms with E-state index in [0.29, 0.717) is 12.3 Å². The van der Waals surface area contributed by atoms with Crippen LogP contribution in [0, 0.1) is 5.92 Å². The van der Waals surface area contributed by atoms with Crippen molar-refractivity contribution in [3.8, 4) is 0 Å². The molecule has 2 heterocycles. The number of amides is 1. The third kappa shape index (κ3) is 3.31. The van der Waals surface area contributed by atoms with E-state index in [2.05, 4.69) is 29.7 Å². The molecule has 1 amide bonds. The van der Waals surface area contributed by atoms with Crippen LogP contribution in [0.3, 0.4) is 0 Å². The highest BCUT2D eigenvalue weighted by Gasteiger charge is 2.23. The van der Waals surface area contributed by atoms with E-state index in [1.165, 1.54) is 17.5 Å². The predicted octanol–water partition coefficient (Wildman–Crippen LogP) is 3.00. The van der Waals surface area contributed by atoms with E-state index in [4.69, 9.17) is 4.42 Å². The van der Waals surface area contributed by atoms with E-state index < -0.39 is 0 Å². The maximum Gasteiger partial charge on any atom is 0.224 e. The lowest BCUT2D eigenvalue weighted by atomic mass is 9.95. The molecule has 4 nitrogen and oxygen atoms in total. The number of hydrogen-bond acceptors (Lipinski definition) is 3. The maximum absolute atomic E-state index is 12.4. The number of carbonyl (C=O) groups is 1. The van der Waals surface area contributed by atoms with E-state index in [1.807, 2.05) is 0 Å². The maximum atomic E-state index is 12.4. The Morgan fingerprint density at radius 1 is 1.33 bits per heavy atom. The molecule has 1 saturated heterocycles. The average molecular weight is 349 g/mol. The summed E-state index contributed by atoms with van der Waals surface area (Å²) in [5.41, 5.74) is 4.76. The van der Waals surface area contributed by atoms with Crippen LogP contribution in [0.25, 0.3) is 11.0 Å². The minimum Gasteiger partial charge on any atom is -0.464 e. The number of piperidine rings is 1. The summed E-state index contributed by atoms with van der Waals surface area (Å²) >= 11 is 0. The SMILES string of the molecule is CC1CNCCC1NC(=O)Cc1coc2cc3c(cc12)CCC3.Cl. The van der Waals surface area contributed by atoms with Crippen molar-refractivity contribution in [2.24, 2.45) is 5.92 Å². The van der Waals surface area contributed by atoms with E-state index in [1.54, 1.807) is 6.26 Å². The molecule has 4 rings (SSSR count). The van der Waals surface area contributed by atoms with E-state index in [0.717, 1.165) is 48.9 Å². The molecule has 0 saturated carbocycles. The van der Waals surface area contributed by atoms with Gasteiger partial charge in [-0.3, -0.25) is 4.79 Å². The van der Waals surface area contributed by atoms with Crippen LogP contribution < -0.4 is 10.6 Å². The monoisotopic (exact) mass is 348 g/mol. The van der Waals surface area contributed by atoms with Crippen LogP contribution in [-0.2, 0) is 24.1 Å².